The summed E-state index contributed by atoms with van der Waals surface area (Å²) >= 11 is 0. The number of nitrogens with one attached hydrogen (secondary N) is 2. The van der Waals surface area contributed by atoms with Crippen molar-refractivity contribution in [2.45, 2.75) is 6.54 Å². The molecule has 0 radical (unpaired) electrons. The van der Waals surface area contributed by atoms with E-state index in [1.807, 2.05) is 25.1 Å². The third kappa shape index (κ3) is 4.81. The number of carbonyl (C=O) groups is 2. The molecule has 0 aliphatic carbocycles. The SMILES string of the molecule is CN(C)c1cccc(NC(=O)C(=O)NCc2ccc(F)cc2)c1. The number of benzene rings is 2. The van der Waals surface area contributed by atoms with Gasteiger partial charge in [0.25, 0.3) is 0 Å². The molecule has 0 heterocycles. The number of anilines is 2. The Morgan fingerprint density at radius 1 is 1.04 bits per heavy atom. The van der Waals surface area contributed by atoms with Crippen LogP contribution in [0.5, 0.6) is 0 Å². The normalized spacial score (nSPS) is 10.0. The summed E-state index contributed by atoms with van der Waals surface area (Å²) in [5, 5.41) is 5.04. The molecule has 23 heavy (non-hydrogen) atoms. The maximum absolute atomic E-state index is 12.8. The third-order valence-corrected chi connectivity index (χ3v) is 3.19. The molecule has 0 bridgehead atoms. The van der Waals surface area contributed by atoms with Crippen LogP contribution in [-0.2, 0) is 16.1 Å². The van der Waals surface area contributed by atoms with Crippen molar-refractivity contribution in [1.29, 1.82) is 0 Å². The number of rotatable bonds is 4. The highest BCUT2D eigenvalue weighted by atomic mass is 19.1. The van der Waals surface area contributed by atoms with Gasteiger partial charge in [0.2, 0.25) is 0 Å². The van der Waals surface area contributed by atoms with Crippen molar-refractivity contribution in [2.24, 2.45) is 0 Å². The average Bonchev–Trinajstić information content (AvgIpc) is 2.54. The summed E-state index contributed by atoms with van der Waals surface area (Å²) in [4.78, 5) is 25.6. The van der Waals surface area contributed by atoms with Crippen LogP contribution in [0, 0.1) is 5.82 Å². The minimum Gasteiger partial charge on any atom is -0.378 e. The first kappa shape index (κ1) is 16.5. The zero-order valence-electron chi connectivity index (χ0n) is 13.0. The van der Waals surface area contributed by atoms with Crippen LogP contribution >= 0.6 is 0 Å². The molecule has 2 aromatic carbocycles. The van der Waals surface area contributed by atoms with Gasteiger partial charge in [-0.1, -0.05) is 18.2 Å². The Kier molecular flexibility index (Phi) is 5.30. The van der Waals surface area contributed by atoms with Crippen LogP contribution in [0.15, 0.2) is 48.5 Å². The number of halogens is 1. The summed E-state index contributed by atoms with van der Waals surface area (Å²) in [5.74, 6) is -1.84. The first-order chi connectivity index (χ1) is 11.0. The van der Waals surface area contributed by atoms with Gasteiger partial charge in [-0.3, -0.25) is 9.59 Å². The molecule has 2 aromatic rings. The van der Waals surface area contributed by atoms with Gasteiger partial charge in [0.15, 0.2) is 0 Å². The Morgan fingerprint density at radius 2 is 1.74 bits per heavy atom. The molecule has 0 aliphatic heterocycles. The van der Waals surface area contributed by atoms with Gasteiger partial charge in [0, 0.05) is 32.0 Å². The smallest absolute Gasteiger partial charge is 0.313 e. The van der Waals surface area contributed by atoms with Gasteiger partial charge in [-0.15, -0.1) is 0 Å². The van der Waals surface area contributed by atoms with Crippen molar-refractivity contribution in [3.8, 4) is 0 Å². The molecule has 0 aliphatic rings. The zero-order valence-corrected chi connectivity index (χ0v) is 13.0. The molecule has 120 valence electrons. The summed E-state index contributed by atoms with van der Waals surface area (Å²) in [6.07, 6.45) is 0. The van der Waals surface area contributed by atoms with Crippen molar-refractivity contribution in [1.82, 2.24) is 5.32 Å². The van der Waals surface area contributed by atoms with Gasteiger partial charge in [-0.05, 0) is 35.9 Å². The lowest BCUT2D eigenvalue weighted by atomic mass is 10.2. The molecule has 6 heteroatoms. The van der Waals surface area contributed by atoms with Crippen LogP contribution in [0.4, 0.5) is 15.8 Å². The monoisotopic (exact) mass is 315 g/mol. The summed E-state index contributed by atoms with van der Waals surface area (Å²) in [6, 6.07) is 12.9. The summed E-state index contributed by atoms with van der Waals surface area (Å²) in [7, 11) is 3.77. The maximum atomic E-state index is 12.8. The van der Waals surface area contributed by atoms with Crippen LogP contribution in [0.2, 0.25) is 0 Å². The second kappa shape index (κ2) is 7.40. The van der Waals surface area contributed by atoms with Gasteiger partial charge in [-0.25, -0.2) is 4.39 Å². The van der Waals surface area contributed by atoms with E-state index in [0.717, 1.165) is 5.69 Å². The fourth-order valence-electron chi connectivity index (χ4n) is 1.91. The second-order valence-corrected chi connectivity index (χ2v) is 5.21. The highest BCUT2D eigenvalue weighted by Crippen LogP contribution is 2.17. The zero-order chi connectivity index (χ0) is 16.8. The highest BCUT2D eigenvalue weighted by Gasteiger charge is 2.13. The van der Waals surface area contributed by atoms with Gasteiger partial charge in [0.05, 0.1) is 0 Å². The van der Waals surface area contributed by atoms with E-state index < -0.39 is 11.8 Å². The number of carbonyl (C=O) groups excluding carboxylic acids is 2. The van der Waals surface area contributed by atoms with E-state index in [0.29, 0.717) is 11.3 Å². The summed E-state index contributed by atoms with van der Waals surface area (Å²) in [6.45, 7) is 0.157. The van der Waals surface area contributed by atoms with Gasteiger partial charge in [-0.2, -0.15) is 0 Å². The Balaban J connectivity index is 1.91. The molecule has 0 saturated heterocycles. The standard InChI is InChI=1S/C17H18FN3O2/c1-21(2)15-5-3-4-14(10-15)20-17(23)16(22)19-11-12-6-8-13(18)9-7-12/h3-10H,11H2,1-2H3,(H,19,22)(H,20,23). The van der Waals surface area contributed by atoms with Gasteiger partial charge >= 0.3 is 11.8 Å². The van der Waals surface area contributed by atoms with Crippen LogP contribution in [-0.4, -0.2) is 25.9 Å². The molecule has 5 nitrogen and oxygen atoms in total. The molecule has 0 atom stereocenters. The van der Waals surface area contributed by atoms with Crippen molar-refractivity contribution < 1.29 is 14.0 Å². The van der Waals surface area contributed by atoms with Gasteiger partial charge < -0.3 is 15.5 Å². The van der Waals surface area contributed by atoms with Gasteiger partial charge in [0.1, 0.15) is 5.82 Å². The Hall–Kier alpha value is -2.89. The number of hydrogen-bond donors (Lipinski definition) is 2. The fourth-order valence-corrected chi connectivity index (χ4v) is 1.91. The lowest BCUT2D eigenvalue weighted by molar-refractivity contribution is -0.136. The number of nitrogens with zero attached hydrogens (tertiary/aromatic N) is 1. The molecule has 2 amide bonds. The highest BCUT2D eigenvalue weighted by molar-refractivity contribution is 6.39. The molecule has 2 rings (SSSR count). The van der Waals surface area contributed by atoms with E-state index in [1.54, 1.807) is 30.3 Å². The van der Waals surface area contributed by atoms with E-state index in [2.05, 4.69) is 10.6 Å². The van der Waals surface area contributed by atoms with Crippen molar-refractivity contribution in [3.63, 3.8) is 0 Å². The quantitative estimate of drug-likeness (QED) is 0.850. The lowest BCUT2D eigenvalue weighted by Gasteiger charge is -2.14. The molecular weight excluding hydrogens is 297 g/mol. The minimum absolute atomic E-state index is 0.157. The van der Waals surface area contributed by atoms with Crippen LogP contribution in [0.1, 0.15) is 5.56 Å². The minimum atomic E-state index is -0.747. The Morgan fingerprint density at radius 3 is 2.39 bits per heavy atom. The Bertz CT molecular complexity index is 699. The number of amides is 2. The van der Waals surface area contributed by atoms with Crippen LogP contribution in [0.3, 0.4) is 0 Å². The fraction of sp³-hybridized carbons (Fsp3) is 0.176. The average molecular weight is 315 g/mol. The van der Waals surface area contributed by atoms with Crippen LogP contribution in [0.25, 0.3) is 0 Å². The molecule has 0 spiro atoms. The van der Waals surface area contributed by atoms with E-state index in [1.165, 1.54) is 12.1 Å². The van der Waals surface area contributed by atoms with E-state index in [9.17, 15) is 14.0 Å². The maximum Gasteiger partial charge on any atom is 0.313 e. The third-order valence-electron chi connectivity index (χ3n) is 3.19. The number of hydrogen-bond acceptors (Lipinski definition) is 3. The van der Waals surface area contributed by atoms with Crippen molar-refractivity contribution in [3.05, 3.63) is 59.9 Å². The molecule has 0 fully saturated rings. The molecule has 0 aromatic heterocycles. The lowest BCUT2D eigenvalue weighted by Crippen LogP contribution is -2.35. The topological polar surface area (TPSA) is 61.4 Å². The van der Waals surface area contributed by atoms with E-state index in [-0.39, 0.29) is 12.4 Å². The molecule has 0 unspecified atom stereocenters. The van der Waals surface area contributed by atoms with Crippen molar-refractivity contribution >= 4 is 23.2 Å². The van der Waals surface area contributed by atoms with E-state index in [4.69, 9.17) is 0 Å². The largest absolute Gasteiger partial charge is 0.378 e. The predicted molar refractivity (Wildman–Crippen MR) is 87.6 cm³/mol. The van der Waals surface area contributed by atoms with Crippen molar-refractivity contribution in [2.75, 3.05) is 24.3 Å². The summed E-state index contributed by atoms with van der Waals surface area (Å²) in [5.41, 5.74) is 2.16. The van der Waals surface area contributed by atoms with E-state index >= 15 is 0 Å². The predicted octanol–water partition coefficient (Wildman–Crippen LogP) is 2.15. The summed E-state index contributed by atoms with van der Waals surface area (Å²) < 4.78 is 12.8. The van der Waals surface area contributed by atoms with Crippen LogP contribution < -0.4 is 15.5 Å². The molecule has 0 saturated carbocycles. The first-order valence-corrected chi connectivity index (χ1v) is 7.07. The second-order valence-electron chi connectivity index (χ2n) is 5.21. The Labute approximate surface area is 134 Å². The first-order valence-electron chi connectivity index (χ1n) is 7.07. The molecule has 2 N–H and O–H groups in total. The molecular formula is C17H18FN3O2.